The van der Waals surface area contributed by atoms with E-state index in [1.807, 2.05) is 6.08 Å². The van der Waals surface area contributed by atoms with Crippen molar-refractivity contribution in [1.82, 2.24) is 0 Å². The standard InChI is InChI=1S/C12H22O2/c1-5-9(8-13)10-7-12(3,4)14-11(10)6-2/h6,9-11,13H,2,5,7-8H2,1,3-4H3. The minimum atomic E-state index is -0.0634. The Kier molecular flexibility index (Phi) is 3.73. The first-order chi connectivity index (χ1) is 6.54. The minimum Gasteiger partial charge on any atom is -0.396 e. The first-order valence-corrected chi connectivity index (χ1v) is 5.45. The van der Waals surface area contributed by atoms with E-state index < -0.39 is 0 Å². The van der Waals surface area contributed by atoms with Gasteiger partial charge in [0, 0.05) is 6.61 Å². The zero-order valence-electron chi connectivity index (χ0n) is 9.49. The maximum atomic E-state index is 9.28. The fourth-order valence-corrected chi connectivity index (χ4v) is 2.41. The molecule has 0 bridgehead atoms. The Bertz CT molecular complexity index is 194. The van der Waals surface area contributed by atoms with Crippen LogP contribution in [0.1, 0.15) is 33.6 Å². The highest BCUT2D eigenvalue weighted by Gasteiger charge is 2.41. The summed E-state index contributed by atoms with van der Waals surface area (Å²) in [6.07, 6.45) is 4.01. The molecule has 1 fully saturated rings. The molecule has 0 aromatic rings. The van der Waals surface area contributed by atoms with Crippen molar-refractivity contribution in [2.24, 2.45) is 11.8 Å². The van der Waals surface area contributed by atoms with E-state index in [1.165, 1.54) is 0 Å². The molecule has 0 spiro atoms. The molecular weight excluding hydrogens is 176 g/mol. The molecule has 2 heteroatoms. The SMILES string of the molecule is C=CC1OC(C)(C)CC1C(CC)CO. The molecule has 82 valence electrons. The van der Waals surface area contributed by atoms with Crippen LogP contribution in [0.15, 0.2) is 12.7 Å². The van der Waals surface area contributed by atoms with Gasteiger partial charge in [0.2, 0.25) is 0 Å². The van der Waals surface area contributed by atoms with E-state index in [9.17, 15) is 5.11 Å². The number of rotatable bonds is 4. The molecule has 1 rings (SSSR count). The van der Waals surface area contributed by atoms with Crippen molar-refractivity contribution in [3.63, 3.8) is 0 Å². The number of hydrogen-bond donors (Lipinski definition) is 1. The Morgan fingerprint density at radius 2 is 2.29 bits per heavy atom. The highest BCUT2D eigenvalue weighted by molar-refractivity contribution is 4.98. The lowest BCUT2D eigenvalue weighted by Gasteiger charge is -2.22. The molecule has 1 N–H and O–H groups in total. The summed E-state index contributed by atoms with van der Waals surface area (Å²) in [5, 5.41) is 9.28. The van der Waals surface area contributed by atoms with Crippen LogP contribution < -0.4 is 0 Å². The van der Waals surface area contributed by atoms with Crippen LogP contribution in [-0.2, 0) is 4.74 Å². The van der Waals surface area contributed by atoms with Crippen molar-refractivity contribution in [2.45, 2.75) is 45.3 Å². The van der Waals surface area contributed by atoms with Gasteiger partial charge < -0.3 is 9.84 Å². The second kappa shape index (κ2) is 4.45. The second-order valence-corrected chi connectivity index (χ2v) is 4.80. The molecule has 0 aromatic heterocycles. The van der Waals surface area contributed by atoms with Gasteiger partial charge in [-0.2, -0.15) is 0 Å². The molecule has 2 nitrogen and oxygen atoms in total. The summed E-state index contributed by atoms with van der Waals surface area (Å²) in [5.41, 5.74) is -0.0634. The third-order valence-corrected chi connectivity index (χ3v) is 3.20. The molecule has 3 atom stereocenters. The summed E-state index contributed by atoms with van der Waals surface area (Å²) in [4.78, 5) is 0. The van der Waals surface area contributed by atoms with Crippen molar-refractivity contribution in [3.05, 3.63) is 12.7 Å². The lowest BCUT2D eigenvalue weighted by molar-refractivity contribution is -0.00333. The molecule has 1 aliphatic heterocycles. The van der Waals surface area contributed by atoms with Crippen LogP contribution in [0.3, 0.4) is 0 Å². The number of aliphatic hydroxyl groups is 1. The number of aliphatic hydroxyl groups excluding tert-OH is 1. The quantitative estimate of drug-likeness (QED) is 0.703. The minimum absolute atomic E-state index is 0.0634. The van der Waals surface area contributed by atoms with Crippen LogP contribution in [0.2, 0.25) is 0 Å². The second-order valence-electron chi connectivity index (χ2n) is 4.80. The smallest absolute Gasteiger partial charge is 0.0793 e. The first-order valence-electron chi connectivity index (χ1n) is 5.45. The van der Waals surface area contributed by atoms with Crippen molar-refractivity contribution < 1.29 is 9.84 Å². The van der Waals surface area contributed by atoms with Crippen LogP contribution in [0.25, 0.3) is 0 Å². The zero-order valence-corrected chi connectivity index (χ0v) is 9.49. The Balaban J connectivity index is 2.72. The van der Waals surface area contributed by atoms with Crippen molar-refractivity contribution in [1.29, 1.82) is 0 Å². The summed E-state index contributed by atoms with van der Waals surface area (Å²) in [6, 6.07) is 0. The number of hydrogen-bond acceptors (Lipinski definition) is 2. The summed E-state index contributed by atoms with van der Waals surface area (Å²) < 4.78 is 5.87. The molecule has 1 aliphatic rings. The lowest BCUT2D eigenvalue weighted by Crippen LogP contribution is -2.24. The fraction of sp³-hybridized carbons (Fsp3) is 0.833. The molecule has 14 heavy (non-hydrogen) atoms. The van der Waals surface area contributed by atoms with Crippen molar-refractivity contribution in [3.8, 4) is 0 Å². The molecule has 1 heterocycles. The van der Waals surface area contributed by atoms with E-state index in [0.717, 1.165) is 12.8 Å². The van der Waals surface area contributed by atoms with Crippen LogP contribution in [0.4, 0.5) is 0 Å². The molecule has 0 aromatic carbocycles. The van der Waals surface area contributed by atoms with Gasteiger partial charge in [-0.25, -0.2) is 0 Å². The molecule has 0 radical (unpaired) electrons. The van der Waals surface area contributed by atoms with Gasteiger partial charge in [-0.05, 0) is 32.1 Å². The van der Waals surface area contributed by atoms with E-state index in [2.05, 4.69) is 27.4 Å². The van der Waals surface area contributed by atoms with Crippen LogP contribution in [0, 0.1) is 11.8 Å². The van der Waals surface area contributed by atoms with Crippen molar-refractivity contribution in [2.75, 3.05) is 6.61 Å². The fourth-order valence-electron chi connectivity index (χ4n) is 2.41. The van der Waals surface area contributed by atoms with Crippen LogP contribution in [0.5, 0.6) is 0 Å². The Morgan fingerprint density at radius 1 is 1.64 bits per heavy atom. The van der Waals surface area contributed by atoms with Gasteiger partial charge in [0.05, 0.1) is 11.7 Å². The first kappa shape index (κ1) is 11.7. The van der Waals surface area contributed by atoms with Gasteiger partial charge >= 0.3 is 0 Å². The molecule has 3 unspecified atom stereocenters. The molecule has 0 saturated carbocycles. The van der Waals surface area contributed by atoms with E-state index >= 15 is 0 Å². The largest absolute Gasteiger partial charge is 0.396 e. The third-order valence-electron chi connectivity index (χ3n) is 3.20. The topological polar surface area (TPSA) is 29.5 Å². The van der Waals surface area contributed by atoms with Crippen molar-refractivity contribution >= 4 is 0 Å². The Hall–Kier alpha value is -0.340. The van der Waals surface area contributed by atoms with E-state index in [-0.39, 0.29) is 18.3 Å². The van der Waals surface area contributed by atoms with Gasteiger partial charge in [-0.15, -0.1) is 6.58 Å². The van der Waals surface area contributed by atoms with Crippen LogP contribution in [-0.4, -0.2) is 23.4 Å². The van der Waals surface area contributed by atoms with Gasteiger partial charge in [0.15, 0.2) is 0 Å². The lowest BCUT2D eigenvalue weighted by atomic mass is 9.82. The maximum absolute atomic E-state index is 9.28. The Labute approximate surface area is 87.0 Å². The van der Waals surface area contributed by atoms with E-state index in [1.54, 1.807) is 0 Å². The van der Waals surface area contributed by atoms with Gasteiger partial charge in [0.25, 0.3) is 0 Å². The summed E-state index contributed by atoms with van der Waals surface area (Å²) in [5.74, 6) is 0.775. The zero-order chi connectivity index (χ0) is 10.8. The molecule has 0 amide bonds. The molecule has 0 aliphatic carbocycles. The Morgan fingerprint density at radius 3 is 2.71 bits per heavy atom. The average Bonchev–Trinajstić information content (AvgIpc) is 2.44. The maximum Gasteiger partial charge on any atom is 0.0793 e. The monoisotopic (exact) mass is 198 g/mol. The summed E-state index contributed by atoms with van der Waals surface area (Å²) in [7, 11) is 0. The van der Waals surface area contributed by atoms with Gasteiger partial charge in [-0.1, -0.05) is 19.4 Å². The highest BCUT2D eigenvalue weighted by atomic mass is 16.5. The molecule has 1 saturated heterocycles. The predicted molar refractivity (Wildman–Crippen MR) is 58.1 cm³/mol. The average molecular weight is 198 g/mol. The summed E-state index contributed by atoms with van der Waals surface area (Å²) >= 11 is 0. The highest BCUT2D eigenvalue weighted by Crippen LogP contribution is 2.40. The number of ether oxygens (including phenoxy) is 1. The third kappa shape index (κ3) is 2.37. The van der Waals surface area contributed by atoms with E-state index in [0.29, 0.717) is 11.8 Å². The molecular formula is C12H22O2. The van der Waals surface area contributed by atoms with Crippen LogP contribution >= 0.6 is 0 Å². The predicted octanol–water partition coefficient (Wildman–Crippen LogP) is 2.37. The summed E-state index contributed by atoms with van der Waals surface area (Å²) in [6.45, 7) is 10.4. The van der Waals surface area contributed by atoms with Gasteiger partial charge in [-0.3, -0.25) is 0 Å². The normalized spacial score (nSPS) is 32.9. The van der Waals surface area contributed by atoms with Gasteiger partial charge in [0.1, 0.15) is 0 Å². The van der Waals surface area contributed by atoms with E-state index in [4.69, 9.17) is 4.74 Å².